The molecule has 0 saturated heterocycles. The van der Waals surface area contributed by atoms with Crippen LogP contribution in [0.3, 0.4) is 0 Å². The fraction of sp³-hybridized carbons (Fsp3) is 0.625. The summed E-state index contributed by atoms with van der Waals surface area (Å²) in [5.41, 5.74) is -0.265. The number of hydrogen-bond donors (Lipinski definition) is 1. The van der Waals surface area contributed by atoms with Crippen LogP contribution >= 0.6 is 34.8 Å². The number of alkyl halides is 3. The van der Waals surface area contributed by atoms with Crippen LogP contribution in [0.1, 0.15) is 13.3 Å². The Morgan fingerprint density at radius 2 is 2.07 bits per heavy atom. The summed E-state index contributed by atoms with van der Waals surface area (Å²) in [7, 11) is 0. The fourth-order valence-electron chi connectivity index (χ4n) is 0.740. The molecule has 0 spiro atoms. The third-order valence-corrected chi connectivity index (χ3v) is 1.97. The van der Waals surface area contributed by atoms with E-state index in [1.807, 2.05) is 6.92 Å². The highest BCUT2D eigenvalue weighted by Gasteiger charge is 2.38. The predicted molar refractivity (Wildman–Crippen MR) is 57.1 cm³/mol. The van der Waals surface area contributed by atoms with Crippen molar-refractivity contribution in [3.63, 3.8) is 0 Å². The standard InChI is InChI=1S/C8H11Cl3O3/c1-3-4-14-6(8(9,10)11)5(2)7(12)13/h6H,2-4H2,1H3,(H,12,13). The molecule has 1 N–H and O–H groups in total. The summed E-state index contributed by atoms with van der Waals surface area (Å²) >= 11 is 16.7. The Kier molecular flexibility index (Phi) is 5.83. The molecule has 0 aromatic carbocycles. The Hall–Kier alpha value is 0.0400. The van der Waals surface area contributed by atoms with Gasteiger partial charge in [-0.25, -0.2) is 4.79 Å². The smallest absolute Gasteiger partial charge is 0.333 e. The molecule has 0 aromatic heterocycles. The minimum absolute atomic E-state index is 0.265. The van der Waals surface area contributed by atoms with Crippen LogP contribution in [0, 0.1) is 0 Å². The van der Waals surface area contributed by atoms with E-state index in [1.54, 1.807) is 0 Å². The molecule has 0 fully saturated rings. The van der Waals surface area contributed by atoms with Crippen LogP contribution in [0.15, 0.2) is 12.2 Å². The van der Waals surface area contributed by atoms with E-state index in [0.717, 1.165) is 0 Å². The summed E-state index contributed by atoms with van der Waals surface area (Å²) in [6, 6.07) is 0. The average molecular weight is 262 g/mol. The van der Waals surface area contributed by atoms with Crippen molar-refractivity contribution in [2.75, 3.05) is 6.61 Å². The molecule has 0 saturated carbocycles. The van der Waals surface area contributed by atoms with Crippen molar-refractivity contribution in [1.29, 1.82) is 0 Å². The molecule has 0 aliphatic rings. The second-order valence-electron chi connectivity index (χ2n) is 2.62. The largest absolute Gasteiger partial charge is 0.478 e. The number of carboxylic acid groups (broad SMARTS) is 1. The number of rotatable bonds is 5. The molecule has 0 heterocycles. The van der Waals surface area contributed by atoms with Gasteiger partial charge in [0.15, 0.2) is 0 Å². The molecule has 0 bridgehead atoms. The lowest BCUT2D eigenvalue weighted by molar-refractivity contribution is -0.134. The van der Waals surface area contributed by atoms with E-state index in [9.17, 15) is 4.79 Å². The van der Waals surface area contributed by atoms with E-state index in [1.165, 1.54) is 0 Å². The lowest BCUT2D eigenvalue weighted by Crippen LogP contribution is -2.33. The molecule has 14 heavy (non-hydrogen) atoms. The number of halogens is 3. The molecule has 6 heteroatoms. The first-order chi connectivity index (χ1) is 6.30. The van der Waals surface area contributed by atoms with Crippen molar-refractivity contribution in [1.82, 2.24) is 0 Å². The highest BCUT2D eigenvalue weighted by atomic mass is 35.6. The zero-order valence-corrected chi connectivity index (χ0v) is 9.86. The lowest BCUT2D eigenvalue weighted by atomic mass is 10.2. The Balaban J connectivity index is 4.56. The van der Waals surface area contributed by atoms with Crippen LogP contribution in [0.4, 0.5) is 0 Å². The molecule has 0 amide bonds. The molecule has 1 atom stereocenters. The Morgan fingerprint density at radius 1 is 1.57 bits per heavy atom. The van der Waals surface area contributed by atoms with Gasteiger partial charge in [0.05, 0.1) is 5.57 Å². The molecule has 0 aromatic rings. The van der Waals surface area contributed by atoms with Crippen molar-refractivity contribution >= 4 is 40.8 Å². The van der Waals surface area contributed by atoms with Crippen LogP contribution in [0.2, 0.25) is 0 Å². The van der Waals surface area contributed by atoms with Crippen molar-refractivity contribution in [2.45, 2.75) is 23.2 Å². The molecule has 1 unspecified atom stereocenters. The van der Waals surface area contributed by atoms with E-state index in [-0.39, 0.29) is 5.57 Å². The maximum atomic E-state index is 10.6. The summed E-state index contributed by atoms with van der Waals surface area (Å²) in [6.07, 6.45) is -0.422. The van der Waals surface area contributed by atoms with E-state index in [2.05, 4.69) is 6.58 Å². The lowest BCUT2D eigenvalue weighted by Gasteiger charge is -2.24. The van der Waals surface area contributed by atoms with Crippen molar-refractivity contribution < 1.29 is 14.6 Å². The minimum Gasteiger partial charge on any atom is -0.478 e. The highest BCUT2D eigenvalue weighted by molar-refractivity contribution is 6.68. The van der Waals surface area contributed by atoms with E-state index >= 15 is 0 Å². The molecule has 82 valence electrons. The van der Waals surface area contributed by atoms with Crippen LogP contribution in [-0.2, 0) is 9.53 Å². The van der Waals surface area contributed by atoms with E-state index in [4.69, 9.17) is 44.6 Å². The van der Waals surface area contributed by atoms with Crippen molar-refractivity contribution in [3.8, 4) is 0 Å². The van der Waals surface area contributed by atoms with Crippen LogP contribution < -0.4 is 0 Å². The molecule has 0 rings (SSSR count). The summed E-state index contributed by atoms with van der Waals surface area (Å²) in [5, 5.41) is 8.66. The summed E-state index contributed by atoms with van der Waals surface area (Å²) in [6.45, 7) is 5.47. The topological polar surface area (TPSA) is 46.5 Å². The summed E-state index contributed by atoms with van der Waals surface area (Å²) in [4.78, 5) is 10.6. The maximum absolute atomic E-state index is 10.6. The zero-order chi connectivity index (χ0) is 11.4. The second kappa shape index (κ2) is 5.81. The zero-order valence-electron chi connectivity index (χ0n) is 7.60. The van der Waals surface area contributed by atoms with Gasteiger partial charge in [-0.05, 0) is 6.42 Å². The third kappa shape index (κ3) is 4.51. The summed E-state index contributed by atoms with van der Waals surface area (Å²) in [5.74, 6) is -1.24. The number of carboxylic acids is 1. The van der Waals surface area contributed by atoms with Gasteiger partial charge in [0.1, 0.15) is 6.10 Å². The summed E-state index contributed by atoms with van der Waals surface area (Å²) < 4.78 is 3.29. The van der Waals surface area contributed by atoms with Crippen LogP contribution in [0.5, 0.6) is 0 Å². The van der Waals surface area contributed by atoms with Gasteiger partial charge in [0, 0.05) is 6.61 Å². The van der Waals surface area contributed by atoms with Gasteiger partial charge < -0.3 is 9.84 Å². The fourth-order valence-corrected chi connectivity index (χ4v) is 1.32. The number of ether oxygens (including phenoxy) is 1. The van der Waals surface area contributed by atoms with Crippen molar-refractivity contribution in [2.24, 2.45) is 0 Å². The second-order valence-corrected chi connectivity index (χ2v) is 4.99. The van der Waals surface area contributed by atoms with Gasteiger partial charge in [-0.15, -0.1) is 0 Å². The number of carbonyl (C=O) groups is 1. The van der Waals surface area contributed by atoms with Gasteiger partial charge in [-0.3, -0.25) is 0 Å². The molecule has 3 nitrogen and oxygen atoms in total. The first kappa shape index (κ1) is 14.0. The quantitative estimate of drug-likeness (QED) is 0.611. The SMILES string of the molecule is C=C(C(=O)O)C(OCCC)C(Cl)(Cl)Cl. The minimum atomic E-state index is -1.81. The molecule has 0 aliphatic heterocycles. The first-order valence-corrected chi connectivity index (χ1v) is 5.04. The Labute approximate surface area is 97.6 Å². The number of aliphatic carboxylic acids is 1. The van der Waals surface area contributed by atoms with Gasteiger partial charge in [0.25, 0.3) is 0 Å². The monoisotopic (exact) mass is 260 g/mol. The highest BCUT2D eigenvalue weighted by Crippen LogP contribution is 2.35. The average Bonchev–Trinajstić information content (AvgIpc) is 2.02. The third-order valence-electron chi connectivity index (χ3n) is 1.38. The van der Waals surface area contributed by atoms with Gasteiger partial charge >= 0.3 is 5.97 Å². The molecular formula is C8H11Cl3O3. The van der Waals surface area contributed by atoms with Crippen molar-refractivity contribution in [3.05, 3.63) is 12.2 Å². The van der Waals surface area contributed by atoms with Crippen LogP contribution in [-0.4, -0.2) is 27.6 Å². The first-order valence-electron chi connectivity index (χ1n) is 3.91. The normalized spacial score (nSPS) is 13.7. The van der Waals surface area contributed by atoms with E-state index in [0.29, 0.717) is 13.0 Å². The Bertz CT molecular complexity index is 222. The van der Waals surface area contributed by atoms with E-state index < -0.39 is 15.9 Å². The molecule has 0 aliphatic carbocycles. The van der Waals surface area contributed by atoms with Crippen LogP contribution in [0.25, 0.3) is 0 Å². The Morgan fingerprint density at radius 3 is 2.36 bits per heavy atom. The molecule has 0 radical (unpaired) electrons. The van der Waals surface area contributed by atoms with Gasteiger partial charge in [-0.2, -0.15) is 0 Å². The van der Waals surface area contributed by atoms with Gasteiger partial charge in [0.2, 0.25) is 3.79 Å². The number of hydrogen-bond acceptors (Lipinski definition) is 2. The van der Waals surface area contributed by atoms with Gasteiger partial charge in [-0.1, -0.05) is 48.3 Å². The maximum Gasteiger partial charge on any atom is 0.333 e. The molecular weight excluding hydrogens is 250 g/mol. The predicted octanol–water partition coefficient (Wildman–Crippen LogP) is 2.79.